The van der Waals surface area contributed by atoms with Crippen molar-refractivity contribution < 1.29 is 4.79 Å². The fourth-order valence-corrected chi connectivity index (χ4v) is 2.86. The summed E-state index contributed by atoms with van der Waals surface area (Å²) in [5.74, 6) is -0.296. The van der Waals surface area contributed by atoms with Crippen molar-refractivity contribution in [3.05, 3.63) is 83.6 Å². The van der Waals surface area contributed by atoms with Gasteiger partial charge in [0, 0.05) is 16.3 Å². The van der Waals surface area contributed by atoms with Crippen LogP contribution in [0.15, 0.2) is 77.7 Å². The number of halogens is 1. The van der Waals surface area contributed by atoms with Gasteiger partial charge in [0.2, 0.25) is 0 Å². The van der Waals surface area contributed by atoms with Crippen molar-refractivity contribution in [3.8, 4) is 0 Å². The first-order valence-corrected chi connectivity index (χ1v) is 8.42. The van der Waals surface area contributed by atoms with E-state index >= 15 is 0 Å². The number of hydrogen-bond donors (Lipinski definition) is 2. The van der Waals surface area contributed by atoms with E-state index in [9.17, 15) is 4.79 Å². The molecule has 0 saturated carbocycles. The molecule has 0 spiro atoms. The van der Waals surface area contributed by atoms with E-state index in [1.54, 1.807) is 18.2 Å². The molecule has 24 heavy (non-hydrogen) atoms. The highest BCUT2D eigenvalue weighted by Crippen LogP contribution is 2.23. The lowest BCUT2D eigenvalue weighted by Gasteiger charge is -2.08. The Morgan fingerprint density at radius 1 is 0.917 bits per heavy atom. The summed E-state index contributed by atoms with van der Waals surface area (Å²) >= 11 is 7.29. The van der Waals surface area contributed by atoms with Crippen LogP contribution in [-0.4, -0.2) is 10.9 Å². The summed E-state index contributed by atoms with van der Waals surface area (Å²) in [6, 6.07) is 22.4. The van der Waals surface area contributed by atoms with Gasteiger partial charge in [0.1, 0.15) is 10.8 Å². The van der Waals surface area contributed by atoms with Crippen LogP contribution in [-0.2, 0) is 0 Å². The van der Waals surface area contributed by atoms with Crippen molar-refractivity contribution in [2.24, 2.45) is 0 Å². The van der Waals surface area contributed by atoms with Crippen molar-refractivity contribution >= 4 is 40.8 Å². The Labute approximate surface area is 149 Å². The number of nitrogens with one attached hydrogen (secondary N) is 2. The van der Waals surface area contributed by atoms with Crippen LogP contribution in [0, 0.1) is 0 Å². The second-order valence-electron chi connectivity index (χ2n) is 4.90. The summed E-state index contributed by atoms with van der Waals surface area (Å²) < 4.78 is 3.25. The Morgan fingerprint density at radius 2 is 1.67 bits per heavy atom. The van der Waals surface area contributed by atoms with Gasteiger partial charge in [-0.25, -0.2) is 4.98 Å². The molecule has 0 aliphatic rings. The van der Waals surface area contributed by atoms with Gasteiger partial charge in [0.25, 0.3) is 5.91 Å². The molecule has 4 nitrogen and oxygen atoms in total. The highest BCUT2D eigenvalue weighted by molar-refractivity contribution is 8.00. The minimum Gasteiger partial charge on any atom is -0.326 e. The molecule has 0 saturated heterocycles. The van der Waals surface area contributed by atoms with Crippen LogP contribution >= 0.6 is 23.5 Å². The fraction of sp³-hybridized carbons (Fsp3) is 0. The lowest BCUT2D eigenvalue weighted by atomic mass is 10.3. The molecule has 120 valence electrons. The molecule has 1 amide bonds. The van der Waals surface area contributed by atoms with Crippen molar-refractivity contribution in [1.29, 1.82) is 0 Å². The van der Waals surface area contributed by atoms with Crippen LogP contribution in [0.3, 0.4) is 0 Å². The van der Waals surface area contributed by atoms with Crippen molar-refractivity contribution in [3.63, 3.8) is 0 Å². The highest BCUT2D eigenvalue weighted by atomic mass is 35.5. The second kappa shape index (κ2) is 7.86. The molecule has 1 heterocycles. The maximum atomic E-state index is 12.2. The van der Waals surface area contributed by atoms with Gasteiger partial charge in [0.05, 0.1) is 0 Å². The molecule has 0 radical (unpaired) electrons. The van der Waals surface area contributed by atoms with E-state index in [4.69, 9.17) is 11.6 Å². The van der Waals surface area contributed by atoms with Crippen LogP contribution in [0.5, 0.6) is 0 Å². The average Bonchev–Trinajstić information content (AvgIpc) is 2.61. The third-order valence-electron chi connectivity index (χ3n) is 3.10. The Balaban J connectivity index is 1.65. The molecule has 0 atom stereocenters. The third kappa shape index (κ3) is 4.50. The summed E-state index contributed by atoms with van der Waals surface area (Å²) in [5, 5.41) is 3.11. The molecule has 3 rings (SSSR count). The molecule has 0 aliphatic heterocycles. The van der Waals surface area contributed by atoms with E-state index < -0.39 is 0 Å². The summed E-state index contributed by atoms with van der Waals surface area (Å²) in [6.07, 6.45) is 0. The van der Waals surface area contributed by atoms with Gasteiger partial charge in [-0.3, -0.25) is 4.79 Å². The molecule has 0 fully saturated rings. The van der Waals surface area contributed by atoms with Gasteiger partial charge < -0.3 is 10.0 Å². The Kier molecular flexibility index (Phi) is 5.36. The van der Waals surface area contributed by atoms with E-state index in [2.05, 4.69) is 15.0 Å². The lowest BCUT2D eigenvalue weighted by molar-refractivity contribution is 0.102. The molecular formula is C18H14ClN3OS. The van der Waals surface area contributed by atoms with Crippen LogP contribution in [0.4, 0.5) is 11.4 Å². The van der Waals surface area contributed by atoms with E-state index in [-0.39, 0.29) is 11.6 Å². The molecule has 1 aromatic heterocycles. The summed E-state index contributed by atoms with van der Waals surface area (Å²) in [5.41, 5.74) is 1.99. The quantitative estimate of drug-likeness (QED) is 0.493. The SMILES string of the molecule is O=C(Nc1cccc(SNc2ccccc2)c1)c1cccc(Cl)n1. The molecule has 0 unspecified atom stereocenters. The number of nitrogens with zero attached hydrogens (tertiary/aromatic N) is 1. The van der Waals surface area contributed by atoms with Gasteiger partial charge in [-0.1, -0.05) is 41.9 Å². The van der Waals surface area contributed by atoms with Gasteiger partial charge in [-0.2, -0.15) is 0 Å². The maximum Gasteiger partial charge on any atom is 0.274 e. The Bertz CT molecular complexity index is 842. The number of benzene rings is 2. The van der Waals surface area contributed by atoms with Crippen LogP contribution in [0.2, 0.25) is 5.15 Å². The number of anilines is 2. The zero-order chi connectivity index (χ0) is 16.8. The Morgan fingerprint density at radius 3 is 2.46 bits per heavy atom. The highest BCUT2D eigenvalue weighted by Gasteiger charge is 2.08. The maximum absolute atomic E-state index is 12.2. The molecular weight excluding hydrogens is 342 g/mol. The van der Waals surface area contributed by atoms with Gasteiger partial charge in [-0.15, -0.1) is 0 Å². The first-order chi connectivity index (χ1) is 11.7. The molecule has 2 aromatic carbocycles. The second-order valence-corrected chi connectivity index (χ2v) is 6.16. The molecule has 3 aromatic rings. The minimum atomic E-state index is -0.296. The molecule has 0 aliphatic carbocycles. The molecule has 6 heteroatoms. The number of para-hydroxylation sites is 1. The smallest absolute Gasteiger partial charge is 0.274 e. The Hall–Kier alpha value is -2.50. The van der Waals surface area contributed by atoms with Crippen LogP contribution in [0.1, 0.15) is 10.5 Å². The topological polar surface area (TPSA) is 54.0 Å². The van der Waals surface area contributed by atoms with E-state index in [1.807, 2.05) is 54.6 Å². The normalized spacial score (nSPS) is 10.2. The summed E-state index contributed by atoms with van der Waals surface area (Å²) in [6.45, 7) is 0. The zero-order valence-electron chi connectivity index (χ0n) is 12.6. The largest absolute Gasteiger partial charge is 0.326 e. The van der Waals surface area contributed by atoms with Gasteiger partial charge in [-0.05, 0) is 54.4 Å². The molecule has 2 N–H and O–H groups in total. The summed E-state index contributed by atoms with van der Waals surface area (Å²) in [7, 11) is 0. The lowest BCUT2D eigenvalue weighted by Crippen LogP contribution is -2.13. The first kappa shape index (κ1) is 16.4. The van der Waals surface area contributed by atoms with Gasteiger partial charge >= 0.3 is 0 Å². The monoisotopic (exact) mass is 355 g/mol. The number of pyridine rings is 1. The van der Waals surface area contributed by atoms with E-state index in [0.717, 1.165) is 10.6 Å². The number of aromatic nitrogens is 1. The van der Waals surface area contributed by atoms with Gasteiger partial charge in [0.15, 0.2) is 0 Å². The number of carbonyl (C=O) groups is 1. The summed E-state index contributed by atoms with van der Waals surface area (Å²) in [4.78, 5) is 17.2. The van der Waals surface area contributed by atoms with E-state index in [1.165, 1.54) is 11.9 Å². The fourth-order valence-electron chi connectivity index (χ4n) is 1.99. The van der Waals surface area contributed by atoms with Crippen LogP contribution < -0.4 is 10.0 Å². The zero-order valence-corrected chi connectivity index (χ0v) is 14.1. The predicted octanol–water partition coefficient (Wildman–Crippen LogP) is 5.11. The number of amides is 1. The number of carbonyl (C=O) groups excluding carboxylic acids is 1. The van der Waals surface area contributed by atoms with Crippen molar-refractivity contribution in [2.45, 2.75) is 4.90 Å². The minimum absolute atomic E-state index is 0.281. The van der Waals surface area contributed by atoms with Crippen molar-refractivity contribution in [1.82, 2.24) is 4.98 Å². The van der Waals surface area contributed by atoms with Crippen molar-refractivity contribution in [2.75, 3.05) is 10.0 Å². The molecule has 0 bridgehead atoms. The standard InChI is InChI=1S/C18H14ClN3OS/c19-17-11-5-10-16(21-17)18(23)20-14-8-4-9-15(12-14)24-22-13-6-2-1-3-7-13/h1-12,22H,(H,20,23). The number of hydrogen-bond acceptors (Lipinski definition) is 4. The average molecular weight is 356 g/mol. The number of rotatable bonds is 5. The van der Waals surface area contributed by atoms with Crippen LogP contribution in [0.25, 0.3) is 0 Å². The first-order valence-electron chi connectivity index (χ1n) is 7.22. The third-order valence-corrected chi connectivity index (χ3v) is 4.14. The van der Waals surface area contributed by atoms with E-state index in [0.29, 0.717) is 10.8 Å². The predicted molar refractivity (Wildman–Crippen MR) is 99.6 cm³/mol.